The first-order valence-corrected chi connectivity index (χ1v) is 8.68. The van der Waals surface area contributed by atoms with Crippen LogP contribution in [-0.2, 0) is 16.6 Å². The molecular weight excluding hydrogens is 292 g/mol. The lowest BCUT2D eigenvalue weighted by Gasteiger charge is -2.39. The smallest absolute Gasteiger partial charge is 0.222 e. The molecule has 3 rings (SSSR count). The van der Waals surface area contributed by atoms with E-state index in [-0.39, 0.29) is 11.9 Å². The van der Waals surface area contributed by atoms with Gasteiger partial charge in [-0.25, -0.2) is 4.98 Å². The average molecular weight is 320 g/mol. The van der Waals surface area contributed by atoms with Crippen molar-refractivity contribution in [1.29, 1.82) is 0 Å². The molecule has 2 atom stereocenters. The number of nitrogens with zero attached hydrogens (tertiary/aromatic N) is 4. The van der Waals surface area contributed by atoms with Crippen LogP contribution in [0.25, 0.3) is 0 Å². The van der Waals surface area contributed by atoms with Crippen LogP contribution in [0.15, 0.2) is 12.4 Å². The number of carbonyl (C=O) groups is 1. The molecule has 0 saturated carbocycles. The normalized spacial score (nSPS) is 26.4. The summed E-state index contributed by atoms with van der Waals surface area (Å²) in [5, 5.41) is 0. The summed E-state index contributed by atoms with van der Waals surface area (Å²) in [7, 11) is 4.13. The van der Waals surface area contributed by atoms with Gasteiger partial charge in [-0.1, -0.05) is 0 Å². The van der Waals surface area contributed by atoms with Crippen molar-refractivity contribution in [3.05, 3.63) is 18.2 Å². The van der Waals surface area contributed by atoms with E-state index in [4.69, 9.17) is 4.74 Å². The van der Waals surface area contributed by atoms with Crippen LogP contribution in [0.2, 0.25) is 0 Å². The zero-order valence-electron chi connectivity index (χ0n) is 14.3. The Balaban J connectivity index is 1.55. The number of aryl methyl sites for hydroxylation is 1. The highest BCUT2D eigenvalue weighted by Crippen LogP contribution is 2.24. The highest BCUT2D eigenvalue weighted by molar-refractivity contribution is 5.76. The molecule has 0 aromatic carbocycles. The lowest BCUT2D eigenvalue weighted by Crippen LogP contribution is -2.49. The van der Waals surface area contributed by atoms with E-state index >= 15 is 0 Å². The minimum absolute atomic E-state index is 0.186. The maximum atomic E-state index is 12.6. The molecule has 0 radical (unpaired) electrons. The van der Waals surface area contributed by atoms with Crippen LogP contribution < -0.4 is 0 Å². The Morgan fingerprint density at radius 1 is 1.39 bits per heavy atom. The quantitative estimate of drug-likeness (QED) is 0.842. The van der Waals surface area contributed by atoms with Gasteiger partial charge >= 0.3 is 0 Å². The van der Waals surface area contributed by atoms with E-state index in [1.165, 1.54) is 6.42 Å². The van der Waals surface area contributed by atoms with Gasteiger partial charge in [-0.2, -0.15) is 0 Å². The molecular formula is C17H28N4O2. The second-order valence-electron chi connectivity index (χ2n) is 6.85. The number of hydrogen-bond donors (Lipinski definition) is 0. The highest BCUT2D eigenvalue weighted by Gasteiger charge is 2.30. The molecule has 0 unspecified atom stereocenters. The second kappa shape index (κ2) is 7.45. The Kier molecular flexibility index (Phi) is 5.33. The third-order valence-corrected chi connectivity index (χ3v) is 5.18. The standard InChI is InChI=1S/C17H28N4O2/c1-19-9-10-21(12-15(19)17-18-7-8-20(17)2)16(22)6-5-14-4-3-11-23-13-14/h7-8,14-15H,3-6,9-13H2,1-2H3/t14-,15+/m0/s1. The van der Waals surface area contributed by atoms with Gasteiger partial charge in [0, 0.05) is 58.7 Å². The Morgan fingerprint density at radius 2 is 2.26 bits per heavy atom. The summed E-state index contributed by atoms with van der Waals surface area (Å²) < 4.78 is 7.56. The average Bonchev–Trinajstić information content (AvgIpc) is 3.00. The summed E-state index contributed by atoms with van der Waals surface area (Å²) in [5.74, 6) is 1.87. The van der Waals surface area contributed by atoms with Crippen molar-refractivity contribution in [2.75, 3.05) is 39.9 Å². The summed E-state index contributed by atoms with van der Waals surface area (Å²) in [6.45, 7) is 4.16. The van der Waals surface area contributed by atoms with E-state index in [0.29, 0.717) is 12.3 Å². The maximum Gasteiger partial charge on any atom is 0.222 e. The van der Waals surface area contributed by atoms with Gasteiger partial charge in [0.25, 0.3) is 0 Å². The Morgan fingerprint density at radius 3 is 2.96 bits per heavy atom. The van der Waals surface area contributed by atoms with Crippen LogP contribution in [-0.4, -0.2) is 65.2 Å². The first kappa shape index (κ1) is 16.5. The van der Waals surface area contributed by atoms with Crippen molar-refractivity contribution in [2.24, 2.45) is 13.0 Å². The molecule has 1 amide bonds. The molecule has 0 spiro atoms. The van der Waals surface area contributed by atoms with E-state index < -0.39 is 0 Å². The number of ether oxygens (including phenoxy) is 1. The summed E-state index contributed by atoms with van der Waals surface area (Å²) in [6, 6.07) is 0.186. The topological polar surface area (TPSA) is 50.6 Å². The van der Waals surface area contributed by atoms with Crippen molar-refractivity contribution >= 4 is 5.91 Å². The number of amides is 1. The monoisotopic (exact) mass is 320 g/mol. The maximum absolute atomic E-state index is 12.6. The van der Waals surface area contributed by atoms with Crippen molar-refractivity contribution in [2.45, 2.75) is 31.7 Å². The summed E-state index contributed by atoms with van der Waals surface area (Å²) >= 11 is 0. The number of likely N-dealkylation sites (N-methyl/N-ethyl adjacent to an activating group) is 1. The van der Waals surface area contributed by atoms with E-state index in [0.717, 1.165) is 51.5 Å². The van der Waals surface area contributed by atoms with Gasteiger partial charge in [0.05, 0.1) is 6.04 Å². The molecule has 2 aliphatic heterocycles. The first-order chi connectivity index (χ1) is 11.1. The SMILES string of the molecule is CN1CCN(C(=O)CC[C@@H]2CCCOC2)C[C@@H]1c1nccn1C. The van der Waals surface area contributed by atoms with Crippen molar-refractivity contribution < 1.29 is 9.53 Å². The molecule has 128 valence electrons. The van der Waals surface area contributed by atoms with Crippen LogP contribution in [0.5, 0.6) is 0 Å². The molecule has 2 fully saturated rings. The van der Waals surface area contributed by atoms with Gasteiger partial charge in [0.15, 0.2) is 0 Å². The molecule has 1 aromatic heterocycles. The summed E-state index contributed by atoms with van der Waals surface area (Å²) in [4.78, 5) is 21.4. The van der Waals surface area contributed by atoms with Crippen LogP contribution >= 0.6 is 0 Å². The Bertz CT molecular complexity index is 524. The summed E-state index contributed by atoms with van der Waals surface area (Å²) in [6.07, 6.45) is 7.73. The first-order valence-electron chi connectivity index (χ1n) is 8.68. The van der Waals surface area contributed by atoms with Crippen LogP contribution in [0.4, 0.5) is 0 Å². The van der Waals surface area contributed by atoms with Crippen molar-refractivity contribution in [3.63, 3.8) is 0 Å². The molecule has 2 aliphatic rings. The molecule has 23 heavy (non-hydrogen) atoms. The van der Waals surface area contributed by atoms with Gasteiger partial charge in [-0.3, -0.25) is 9.69 Å². The summed E-state index contributed by atoms with van der Waals surface area (Å²) in [5.41, 5.74) is 0. The van der Waals surface area contributed by atoms with E-state index in [2.05, 4.69) is 21.5 Å². The van der Waals surface area contributed by atoms with Crippen LogP contribution in [0.1, 0.15) is 37.5 Å². The molecule has 6 nitrogen and oxygen atoms in total. The van der Waals surface area contributed by atoms with E-state index in [1.807, 2.05) is 24.3 Å². The minimum atomic E-state index is 0.186. The molecule has 6 heteroatoms. The van der Waals surface area contributed by atoms with Gasteiger partial charge in [-0.05, 0) is 32.2 Å². The van der Waals surface area contributed by atoms with Gasteiger partial charge in [-0.15, -0.1) is 0 Å². The van der Waals surface area contributed by atoms with E-state index in [9.17, 15) is 4.79 Å². The number of piperazine rings is 1. The predicted molar refractivity (Wildman–Crippen MR) is 87.9 cm³/mol. The number of rotatable bonds is 4. The third-order valence-electron chi connectivity index (χ3n) is 5.18. The van der Waals surface area contributed by atoms with E-state index in [1.54, 1.807) is 0 Å². The van der Waals surface area contributed by atoms with Crippen LogP contribution in [0, 0.1) is 5.92 Å². The molecule has 0 aliphatic carbocycles. The minimum Gasteiger partial charge on any atom is -0.381 e. The zero-order chi connectivity index (χ0) is 16.2. The van der Waals surface area contributed by atoms with Gasteiger partial charge in [0.2, 0.25) is 5.91 Å². The number of hydrogen-bond acceptors (Lipinski definition) is 4. The fourth-order valence-electron chi connectivity index (χ4n) is 3.60. The molecule has 2 saturated heterocycles. The fourth-order valence-corrected chi connectivity index (χ4v) is 3.60. The second-order valence-corrected chi connectivity index (χ2v) is 6.85. The Hall–Kier alpha value is -1.40. The molecule has 3 heterocycles. The van der Waals surface area contributed by atoms with Gasteiger partial charge in [0.1, 0.15) is 5.82 Å². The third kappa shape index (κ3) is 3.93. The fraction of sp³-hybridized carbons (Fsp3) is 0.765. The lowest BCUT2D eigenvalue weighted by atomic mass is 9.96. The molecule has 0 N–H and O–H groups in total. The predicted octanol–water partition coefficient (Wildman–Crippen LogP) is 1.44. The number of aromatic nitrogens is 2. The lowest BCUT2D eigenvalue weighted by molar-refractivity contribution is -0.134. The van der Waals surface area contributed by atoms with Crippen molar-refractivity contribution in [1.82, 2.24) is 19.4 Å². The highest BCUT2D eigenvalue weighted by atomic mass is 16.5. The zero-order valence-corrected chi connectivity index (χ0v) is 14.3. The van der Waals surface area contributed by atoms with Gasteiger partial charge < -0.3 is 14.2 Å². The number of imidazole rings is 1. The largest absolute Gasteiger partial charge is 0.381 e. The van der Waals surface area contributed by atoms with Crippen molar-refractivity contribution in [3.8, 4) is 0 Å². The molecule has 0 bridgehead atoms. The number of carbonyl (C=O) groups excluding carboxylic acids is 1. The Labute approximate surface area is 138 Å². The molecule has 1 aromatic rings. The van der Waals surface area contributed by atoms with Crippen LogP contribution in [0.3, 0.4) is 0 Å².